The zero-order valence-electron chi connectivity index (χ0n) is 13.2. The van der Waals surface area contributed by atoms with Crippen molar-refractivity contribution in [2.75, 3.05) is 24.5 Å². The third-order valence-corrected chi connectivity index (χ3v) is 3.73. The van der Waals surface area contributed by atoms with Gasteiger partial charge in [-0.3, -0.25) is 0 Å². The van der Waals surface area contributed by atoms with E-state index in [9.17, 15) is 4.39 Å². The van der Waals surface area contributed by atoms with Gasteiger partial charge in [-0.15, -0.1) is 0 Å². The summed E-state index contributed by atoms with van der Waals surface area (Å²) in [6.07, 6.45) is 4.58. The number of hydrogen-bond donors (Lipinski definition) is 1. The van der Waals surface area contributed by atoms with Gasteiger partial charge in [-0.1, -0.05) is 26.0 Å². The fourth-order valence-corrected chi connectivity index (χ4v) is 2.48. The Morgan fingerprint density at radius 2 is 1.95 bits per heavy atom. The first-order chi connectivity index (χ1) is 9.72. The van der Waals surface area contributed by atoms with Gasteiger partial charge in [0.15, 0.2) is 0 Å². The molecule has 0 aliphatic heterocycles. The minimum atomic E-state index is -0.120. The Hall–Kier alpha value is -1.09. The number of nitrogens with one attached hydrogen (secondary N) is 1. The Labute approximate surface area is 123 Å². The fraction of sp³-hybridized carbons (Fsp3) is 0.647. The van der Waals surface area contributed by atoms with Gasteiger partial charge in [-0.25, -0.2) is 4.39 Å². The molecule has 0 aliphatic rings. The van der Waals surface area contributed by atoms with Gasteiger partial charge < -0.3 is 10.2 Å². The minimum absolute atomic E-state index is 0.120. The van der Waals surface area contributed by atoms with Crippen molar-refractivity contribution in [2.45, 2.75) is 52.5 Å². The van der Waals surface area contributed by atoms with Crippen molar-refractivity contribution >= 4 is 5.69 Å². The third-order valence-electron chi connectivity index (χ3n) is 3.73. The first-order valence-electron chi connectivity index (χ1n) is 7.95. The van der Waals surface area contributed by atoms with Crippen molar-refractivity contribution < 1.29 is 4.39 Å². The van der Waals surface area contributed by atoms with E-state index in [-0.39, 0.29) is 5.82 Å². The molecule has 0 fully saturated rings. The van der Waals surface area contributed by atoms with Crippen molar-refractivity contribution in [1.29, 1.82) is 0 Å². The van der Waals surface area contributed by atoms with Crippen molar-refractivity contribution in [1.82, 2.24) is 5.32 Å². The molecule has 1 N–H and O–H groups in total. The number of anilines is 1. The van der Waals surface area contributed by atoms with Gasteiger partial charge >= 0.3 is 0 Å². The van der Waals surface area contributed by atoms with Crippen LogP contribution in [0.5, 0.6) is 0 Å². The molecule has 0 saturated heterocycles. The van der Waals surface area contributed by atoms with Crippen LogP contribution in [0.25, 0.3) is 0 Å². The summed E-state index contributed by atoms with van der Waals surface area (Å²) in [5.74, 6) is -0.120. The summed E-state index contributed by atoms with van der Waals surface area (Å²) >= 11 is 0. The summed E-state index contributed by atoms with van der Waals surface area (Å²) in [7, 11) is 0. The molecular weight excluding hydrogens is 251 g/mol. The SMILES string of the molecule is CCCNC(CC)CCCN(CC)c1ccccc1F. The molecule has 0 saturated carbocycles. The standard InChI is InChI=1S/C17H29FN2/c1-4-13-19-15(5-2)10-9-14-20(6-3)17-12-8-7-11-16(17)18/h7-8,11-12,15,19H,4-6,9-10,13-14H2,1-3H3. The molecule has 0 aliphatic carbocycles. The molecule has 1 aromatic carbocycles. The number of halogens is 1. The first kappa shape index (κ1) is 17.0. The van der Waals surface area contributed by atoms with Crippen LogP contribution in [0.3, 0.4) is 0 Å². The molecular formula is C17H29FN2. The highest BCUT2D eigenvalue weighted by atomic mass is 19.1. The molecule has 3 heteroatoms. The molecule has 0 bridgehead atoms. The Morgan fingerprint density at radius 3 is 2.55 bits per heavy atom. The lowest BCUT2D eigenvalue weighted by Crippen LogP contribution is -2.31. The van der Waals surface area contributed by atoms with Crippen LogP contribution in [0.4, 0.5) is 10.1 Å². The van der Waals surface area contributed by atoms with Gasteiger partial charge in [0.05, 0.1) is 5.69 Å². The maximum absolute atomic E-state index is 13.8. The van der Waals surface area contributed by atoms with E-state index in [1.54, 1.807) is 6.07 Å². The minimum Gasteiger partial charge on any atom is -0.369 e. The fourth-order valence-electron chi connectivity index (χ4n) is 2.48. The highest BCUT2D eigenvalue weighted by Gasteiger charge is 2.10. The number of nitrogens with zero attached hydrogens (tertiary/aromatic N) is 1. The first-order valence-corrected chi connectivity index (χ1v) is 7.95. The number of hydrogen-bond acceptors (Lipinski definition) is 2. The van der Waals surface area contributed by atoms with Gasteiger partial charge in [-0.05, 0) is 51.3 Å². The van der Waals surface area contributed by atoms with Crippen LogP contribution in [0.15, 0.2) is 24.3 Å². The normalized spacial score (nSPS) is 12.4. The third kappa shape index (κ3) is 5.49. The molecule has 1 atom stereocenters. The van der Waals surface area contributed by atoms with Crippen molar-refractivity contribution in [3.63, 3.8) is 0 Å². The smallest absolute Gasteiger partial charge is 0.146 e. The predicted molar refractivity (Wildman–Crippen MR) is 85.9 cm³/mol. The van der Waals surface area contributed by atoms with Crippen molar-refractivity contribution in [3.8, 4) is 0 Å². The molecule has 0 spiro atoms. The average Bonchev–Trinajstić information content (AvgIpc) is 2.48. The lowest BCUT2D eigenvalue weighted by Gasteiger charge is -2.25. The summed E-state index contributed by atoms with van der Waals surface area (Å²) in [6.45, 7) is 9.35. The van der Waals surface area contributed by atoms with Crippen LogP contribution in [-0.2, 0) is 0 Å². The van der Waals surface area contributed by atoms with Gasteiger partial charge in [0.25, 0.3) is 0 Å². The highest BCUT2D eigenvalue weighted by Crippen LogP contribution is 2.19. The summed E-state index contributed by atoms with van der Waals surface area (Å²) in [4.78, 5) is 2.13. The van der Waals surface area contributed by atoms with Crippen molar-refractivity contribution in [3.05, 3.63) is 30.1 Å². The van der Waals surface area contributed by atoms with Crippen LogP contribution < -0.4 is 10.2 Å². The summed E-state index contributed by atoms with van der Waals surface area (Å²) in [6, 6.07) is 7.64. The largest absolute Gasteiger partial charge is 0.369 e. The molecule has 114 valence electrons. The van der Waals surface area contributed by atoms with Crippen LogP contribution in [0.1, 0.15) is 46.5 Å². The molecule has 0 heterocycles. The second-order valence-electron chi connectivity index (χ2n) is 5.23. The van der Waals surface area contributed by atoms with E-state index in [1.165, 1.54) is 12.5 Å². The monoisotopic (exact) mass is 280 g/mol. The van der Waals surface area contributed by atoms with E-state index in [1.807, 2.05) is 12.1 Å². The highest BCUT2D eigenvalue weighted by molar-refractivity contribution is 5.47. The molecule has 0 amide bonds. The maximum atomic E-state index is 13.8. The number of rotatable bonds is 10. The predicted octanol–water partition coefficient (Wildman–Crippen LogP) is 4.21. The van der Waals surface area contributed by atoms with Gasteiger partial charge in [-0.2, -0.15) is 0 Å². The molecule has 1 unspecified atom stereocenters. The summed E-state index contributed by atoms with van der Waals surface area (Å²) in [5, 5.41) is 3.57. The van der Waals surface area contributed by atoms with E-state index in [0.29, 0.717) is 6.04 Å². The quantitative estimate of drug-likeness (QED) is 0.690. The average molecular weight is 280 g/mol. The van der Waals surface area contributed by atoms with Gasteiger partial charge in [0.1, 0.15) is 5.82 Å². The molecule has 0 radical (unpaired) electrons. The van der Waals surface area contributed by atoms with Gasteiger partial charge in [0.2, 0.25) is 0 Å². The molecule has 1 rings (SSSR count). The lowest BCUT2D eigenvalue weighted by atomic mass is 10.1. The second kappa shape index (κ2) is 9.76. The Balaban J connectivity index is 2.44. The Morgan fingerprint density at radius 1 is 1.20 bits per heavy atom. The van der Waals surface area contributed by atoms with Crippen LogP contribution in [-0.4, -0.2) is 25.7 Å². The van der Waals surface area contributed by atoms with E-state index in [2.05, 4.69) is 31.0 Å². The van der Waals surface area contributed by atoms with Gasteiger partial charge in [0, 0.05) is 19.1 Å². The van der Waals surface area contributed by atoms with E-state index < -0.39 is 0 Å². The van der Waals surface area contributed by atoms with Crippen LogP contribution >= 0.6 is 0 Å². The lowest BCUT2D eigenvalue weighted by molar-refractivity contribution is 0.455. The molecule has 0 aromatic heterocycles. The zero-order valence-corrected chi connectivity index (χ0v) is 13.2. The second-order valence-corrected chi connectivity index (χ2v) is 5.23. The molecule has 20 heavy (non-hydrogen) atoms. The summed E-state index contributed by atoms with van der Waals surface area (Å²) in [5.41, 5.74) is 0.726. The van der Waals surface area contributed by atoms with Crippen molar-refractivity contribution in [2.24, 2.45) is 0 Å². The van der Waals surface area contributed by atoms with Crippen LogP contribution in [0, 0.1) is 5.82 Å². The zero-order chi connectivity index (χ0) is 14.8. The summed E-state index contributed by atoms with van der Waals surface area (Å²) < 4.78 is 13.8. The Bertz CT molecular complexity index is 368. The number of benzene rings is 1. The van der Waals surface area contributed by atoms with E-state index in [4.69, 9.17) is 0 Å². The Kier molecular flexibility index (Phi) is 8.28. The van der Waals surface area contributed by atoms with Crippen LogP contribution in [0.2, 0.25) is 0 Å². The number of para-hydroxylation sites is 1. The van der Waals surface area contributed by atoms with E-state index in [0.717, 1.165) is 44.6 Å². The molecule has 2 nitrogen and oxygen atoms in total. The van der Waals surface area contributed by atoms with E-state index >= 15 is 0 Å². The maximum Gasteiger partial charge on any atom is 0.146 e. The topological polar surface area (TPSA) is 15.3 Å². The molecule has 1 aromatic rings.